The number of hydrogen-bond acceptors (Lipinski definition) is 4. The Morgan fingerprint density at radius 1 is 1.04 bits per heavy atom. The van der Waals surface area contributed by atoms with Gasteiger partial charge >= 0.3 is 0 Å². The molecule has 2 aromatic rings. The third-order valence-corrected chi connectivity index (χ3v) is 5.33. The van der Waals surface area contributed by atoms with E-state index in [1.807, 2.05) is 60.7 Å². The van der Waals surface area contributed by atoms with E-state index in [2.05, 4.69) is 15.5 Å². The van der Waals surface area contributed by atoms with Gasteiger partial charge in [0.15, 0.2) is 0 Å². The highest BCUT2D eigenvalue weighted by atomic mass is 16.3. The van der Waals surface area contributed by atoms with Gasteiger partial charge in [-0.1, -0.05) is 48.5 Å². The number of aliphatic hydroxyl groups is 1. The van der Waals surface area contributed by atoms with Crippen molar-refractivity contribution in [3.8, 4) is 0 Å². The predicted octanol–water partition coefficient (Wildman–Crippen LogP) is 3.19. The van der Waals surface area contributed by atoms with Crippen molar-refractivity contribution in [2.45, 2.75) is 37.8 Å². The molecule has 1 aliphatic heterocycles. The first-order chi connectivity index (χ1) is 13.7. The Labute approximate surface area is 167 Å². The number of piperidine rings is 1. The number of amides is 1. The number of likely N-dealkylation sites (tertiary alicyclic amines) is 1. The Balaban J connectivity index is 1.28. The van der Waals surface area contributed by atoms with E-state index in [0.717, 1.165) is 56.6 Å². The van der Waals surface area contributed by atoms with Gasteiger partial charge in [0.2, 0.25) is 5.91 Å². The quantitative estimate of drug-likeness (QED) is 0.624. The van der Waals surface area contributed by atoms with Gasteiger partial charge in [-0.05, 0) is 63.0 Å². The van der Waals surface area contributed by atoms with Crippen LogP contribution in [0.15, 0.2) is 60.7 Å². The lowest BCUT2D eigenvalue weighted by Crippen LogP contribution is -2.44. The Kier molecular flexibility index (Phi) is 8.03. The number of carbonyl (C=O) groups excluding carboxylic acids is 1. The molecule has 0 aromatic heterocycles. The summed E-state index contributed by atoms with van der Waals surface area (Å²) in [6, 6.07) is 19.8. The van der Waals surface area contributed by atoms with Crippen molar-refractivity contribution in [2.24, 2.45) is 0 Å². The molecule has 2 aromatic carbocycles. The van der Waals surface area contributed by atoms with Gasteiger partial charge in [0.1, 0.15) is 0 Å². The third-order valence-electron chi connectivity index (χ3n) is 5.33. The van der Waals surface area contributed by atoms with Crippen LogP contribution in [0.5, 0.6) is 0 Å². The summed E-state index contributed by atoms with van der Waals surface area (Å²) in [4.78, 5) is 14.5. The smallest absolute Gasteiger partial charge is 0.238 e. The minimum absolute atomic E-state index is 0.00327. The van der Waals surface area contributed by atoms with E-state index >= 15 is 0 Å². The summed E-state index contributed by atoms with van der Waals surface area (Å²) in [5.41, 5.74) is 1.83. The van der Waals surface area contributed by atoms with E-state index in [9.17, 15) is 9.90 Å². The molecule has 0 radical (unpaired) electrons. The predicted molar refractivity (Wildman–Crippen MR) is 113 cm³/mol. The Morgan fingerprint density at radius 3 is 2.36 bits per heavy atom. The fourth-order valence-corrected chi connectivity index (χ4v) is 3.67. The molecule has 0 spiro atoms. The highest BCUT2D eigenvalue weighted by Gasteiger charge is 2.19. The van der Waals surface area contributed by atoms with E-state index in [0.29, 0.717) is 12.6 Å². The van der Waals surface area contributed by atoms with Crippen LogP contribution in [0.25, 0.3) is 0 Å². The number of nitrogens with zero attached hydrogens (tertiary/aromatic N) is 1. The zero-order valence-electron chi connectivity index (χ0n) is 16.4. The standard InChI is InChI=1S/C23H31N3O2/c27-22(19-8-3-1-4-9-19)12-7-15-26-16-13-20(14-17-26)24-18-23(28)25-21-10-5-2-6-11-21/h1-6,8-11,20,22,24,27H,7,12-18H2,(H,25,28). The normalized spacial score (nSPS) is 16.6. The van der Waals surface area contributed by atoms with Gasteiger partial charge in [-0.2, -0.15) is 0 Å². The van der Waals surface area contributed by atoms with E-state index in [1.165, 1.54) is 0 Å². The van der Waals surface area contributed by atoms with Crippen LogP contribution in [0.1, 0.15) is 37.4 Å². The molecule has 0 saturated carbocycles. The second-order valence-electron chi connectivity index (χ2n) is 7.48. The van der Waals surface area contributed by atoms with Gasteiger partial charge < -0.3 is 20.6 Å². The largest absolute Gasteiger partial charge is 0.388 e. The molecule has 1 amide bonds. The number of rotatable bonds is 9. The van der Waals surface area contributed by atoms with Crippen LogP contribution in [-0.4, -0.2) is 48.1 Å². The Morgan fingerprint density at radius 2 is 1.68 bits per heavy atom. The van der Waals surface area contributed by atoms with Crippen LogP contribution >= 0.6 is 0 Å². The summed E-state index contributed by atoms with van der Waals surface area (Å²) in [6.07, 6.45) is 3.53. The molecule has 0 aliphatic carbocycles. The molecule has 150 valence electrons. The average Bonchev–Trinajstić information content (AvgIpc) is 2.74. The van der Waals surface area contributed by atoms with Crippen molar-refractivity contribution in [1.29, 1.82) is 0 Å². The highest BCUT2D eigenvalue weighted by molar-refractivity contribution is 5.92. The second kappa shape index (κ2) is 11.0. The van der Waals surface area contributed by atoms with Gasteiger partial charge in [0, 0.05) is 11.7 Å². The molecule has 1 atom stereocenters. The minimum Gasteiger partial charge on any atom is -0.388 e. The molecule has 3 rings (SSSR count). The number of benzene rings is 2. The lowest BCUT2D eigenvalue weighted by Gasteiger charge is -2.32. The summed E-state index contributed by atoms with van der Waals surface area (Å²) in [6.45, 7) is 3.45. The fraction of sp³-hybridized carbons (Fsp3) is 0.435. The van der Waals surface area contributed by atoms with Crippen LogP contribution in [-0.2, 0) is 4.79 Å². The molecule has 5 nitrogen and oxygen atoms in total. The van der Waals surface area contributed by atoms with E-state index in [4.69, 9.17) is 0 Å². The Hall–Kier alpha value is -2.21. The van der Waals surface area contributed by atoms with Crippen molar-refractivity contribution >= 4 is 11.6 Å². The number of aliphatic hydroxyl groups excluding tert-OH is 1. The summed E-state index contributed by atoms with van der Waals surface area (Å²) in [5, 5.41) is 16.5. The molecule has 1 aliphatic rings. The number of carbonyl (C=O) groups is 1. The van der Waals surface area contributed by atoms with Gasteiger partial charge in [-0.25, -0.2) is 0 Å². The average molecular weight is 382 g/mol. The number of anilines is 1. The van der Waals surface area contributed by atoms with E-state index in [-0.39, 0.29) is 12.0 Å². The molecule has 1 fully saturated rings. The molecule has 1 saturated heterocycles. The first-order valence-electron chi connectivity index (χ1n) is 10.2. The van der Waals surface area contributed by atoms with Crippen LogP contribution < -0.4 is 10.6 Å². The summed E-state index contributed by atoms with van der Waals surface area (Å²) in [7, 11) is 0. The fourth-order valence-electron chi connectivity index (χ4n) is 3.67. The summed E-state index contributed by atoms with van der Waals surface area (Å²) >= 11 is 0. The topological polar surface area (TPSA) is 64.6 Å². The third kappa shape index (κ3) is 6.75. The van der Waals surface area contributed by atoms with Crippen LogP contribution in [0, 0.1) is 0 Å². The second-order valence-corrected chi connectivity index (χ2v) is 7.48. The van der Waals surface area contributed by atoms with E-state index in [1.54, 1.807) is 0 Å². The number of nitrogens with one attached hydrogen (secondary N) is 2. The zero-order valence-corrected chi connectivity index (χ0v) is 16.4. The van der Waals surface area contributed by atoms with Crippen molar-refractivity contribution < 1.29 is 9.90 Å². The van der Waals surface area contributed by atoms with Gasteiger partial charge in [-0.15, -0.1) is 0 Å². The summed E-state index contributed by atoms with van der Waals surface area (Å²) < 4.78 is 0. The van der Waals surface area contributed by atoms with Crippen molar-refractivity contribution in [3.05, 3.63) is 66.2 Å². The van der Waals surface area contributed by atoms with Crippen LogP contribution in [0.2, 0.25) is 0 Å². The van der Waals surface area contributed by atoms with Gasteiger partial charge in [0.25, 0.3) is 0 Å². The molecular formula is C23H31N3O2. The maximum absolute atomic E-state index is 12.0. The van der Waals surface area contributed by atoms with Crippen LogP contribution in [0.4, 0.5) is 5.69 Å². The lowest BCUT2D eigenvalue weighted by atomic mass is 10.0. The molecule has 3 N–H and O–H groups in total. The van der Waals surface area contributed by atoms with Crippen LogP contribution in [0.3, 0.4) is 0 Å². The SMILES string of the molecule is O=C(CNC1CCN(CCCC(O)c2ccccc2)CC1)Nc1ccccc1. The van der Waals surface area contributed by atoms with Crippen molar-refractivity contribution in [2.75, 3.05) is 31.5 Å². The first kappa shape index (κ1) is 20.5. The van der Waals surface area contributed by atoms with Gasteiger partial charge in [-0.3, -0.25) is 4.79 Å². The monoisotopic (exact) mass is 381 g/mol. The van der Waals surface area contributed by atoms with Gasteiger partial charge in [0.05, 0.1) is 12.6 Å². The summed E-state index contributed by atoms with van der Waals surface area (Å²) in [5.74, 6) is 0.00327. The first-order valence-corrected chi connectivity index (χ1v) is 10.2. The molecule has 5 heteroatoms. The Bertz CT molecular complexity index is 700. The molecular weight excluding hydrogens is 350 g/mol. The van der Waals surface area contributed by atoms with Crippen molar-refractivity contribution in [1.82, 2.24) is 10.2 Å². The van der Waals surface area contributed by atoms with E-state index < -0.39 is 0 Å². The number of para-hydroxylation sites is 1. The lowest BCUT2D eigenvalue weighted by molar-refractivity contribution is -0.115. The maximum atomic E-state index is 12.0. The molecule has 1 heterocycles. The van der Waals surface area contributed by atoms with Crippen molar-refractivity contribution in [3.63, 3.8) is 0 Å². The number of hydrogen-bond donors (Lipinski definition) is 3. The highest BCUT2D eigenvalue weighted by Crippen LogP contribution is 2.19. The molecule has 28 heavy (non-hydrogen) atoms. The molecule has 0 bridgehead atoms. The minimum atomic E-state index is -0.372. The zero-order chi connectivity index (χ0) is 19.6. The maximum Gasteiger partial charge on any atom is 0.238 e. The molecule has 1 unspecified atom stereocenters.